The fourth-order valence-corrected chi connectivity index (χ4v) is 3.48. The lowest BCUT2D eigenvalue weighted by molar-refractivity contribution is 0.0600. The maximum Gasteiger partial charge on any atom is 0.337 e. The molecule has 0 bridgehead atoms. The summed E-state index contributed by atoms with van der Waals surface area (Å²) in [5, 5.41) is 2.79. The number of esters is 1. The van der Waals surface area contributed by atoms with E-state index in [-0.39, 0.29) is 11.8 Å². The van der Waals surface area contributed by atoms with Crippen LogP contribution in [-0.4, -0.2) is 31.4 Å². The highest BCUT2D eigenvalue weighted by Gasteiger charge is 2.25. The van der Waals surface area contributed by atoms with Gasteiger partial charge in [-0.2, -0.15) is 0 Å². The van der Waals surface area contributed by atoms with Gasteiger partial charge in [-0.25, -0.2) is 4.79 Å². The van der Waals surface area contributed by atoms with Gasteiger partial charge in [-0.15, -0.1) is 0 Å². The van der Waals surface area contributed by atoms with Crippen molar-refractivity contribution in [3.8, 4) is 0 Å². The number of fused-ring (bicyclic) bond motifs is 1. The summed E-state index contributed by atoms with van der Waals surface area (Å²) in [4.78, 5) is 38.6. The lowest BCUT2D eigenvalue weighted by atomic mass is 10.1. The van der Waals surface area contributed by atoms with Crippen molar-refractivity contribution in [3.63, 3.8) is 0 Å². The van der Waals surface area contributed by atoms with Gasteiger partial charge in [0, 0.05) is 29.0 Å². The Kier molecular flexibility index (Phi) is 5.30. The molecule has 1 heterocycles. The Morgan fingerprint density at radius 1 is 0.833 bits per heavy atom. The van der Waals surface area contributed by atoms with Gasteiger partial charge in [-0.1, -0.05) is 18.2 Å². The van der Waals surface area contributed by atoms with Crippen LogP contribution in [-0.2, 0) is 11.2 Å². The van der Waals surface area contributed by atoms with Crippen molar-refractivity contribution in [2.45, 2.75) is 6.42 Å². The second kappa shape index (κ2) is 8.21. The third-order valence-corrected chi connectivity index (χ3v) is 5.09. The first-order valence-electron chi connectivity index (χ1n) is 9.56. The molecular weight excluding hydrogens is 380 g/mol. The smallest absolute Gasteiger partial charge is 0.337 e. The number of hydrogen-bond donors (Lipinski definition) is 1. The largest absolute Gasteiger partial charge is 0.465 e. The minimum atomic E-state index is -0.456. The summed E-state index contributed by atoms with van der Waals surface area (Å²) in [5.41, 5.74) is 4.06. The Bertz CT molecular complexity index is 1100. The summed E-state index contributed by atoms with van der Waals surface area (Å²) in [6.07, 6.45) is 0.852. The van der Waals surface area contributed by atoms with Crippen LogP contribution in [0.3, 0.4) is 0 Å². The van der Waals surface area contributed by atoms with Gasteiger partial charge in [0.1, 0.15) is 0 Å². The normalized spacial score (nSPS) is 12.2. The molecule has 0 unspecified atom stereocenters. The SMILES string of the molecule is COC(=O)c1ccc(C(=O)Nc2ccc(C(=O)N3CCc4ccccc43)cc2)cc1. The van der Waals surface area contributed by atoms with Crippen LogP contribution in [0.15, 0.2) is 72.8 Å². The average Bonchev–Trinajstić information content (AvgIpc) is 3.23. The predicted octanol–water partition coefficient (Wildman–Crippen LogP) is 3.93. The van der Waals surface area contributed by atoms with Crippen molar-refractivity contribution in [2.24, 2.45) is 0 Å². The Hall–Kier alpha value is -3.93. The number of para-hydroxylation sites is 1. The number of carbonyl (C=O) groups excluding carboxylic acids is 3. The summed E-state index contributed by atoms with van der Waals surface area (Å²) in [6, 6.07) is 20.9. The predicted molar refractivity (Wildman–Crippen MR) is 114 cm³/mol. The van der Waals surface area contributed by atoms with Crippen molar-refractivity contribution in [3.05, 3.63) is 95.1 Å². The Labute approximate surface area is 174 Å². The number of methoxy groups -OCH3 is 1. The van der Waals surface area contributed by atoms with E-state index in [2.05, 4.69) is 10.1 Å². The number of carbonyl (C=O) groups is 3. The number of rotatable bonds is 4. The topological polar surface area (TPSA) is 75.7 Å². The lowest BCUT2D eigenvalue weighted by Crippen LogP contribution is -2.28. The van der Waals surface area contributed by atoms with Gasteiger partial charge >= 0.3 is 5.97 Å². The van der Waals surface area contributed by atoms with Gasteiger partial charge < -0.3 is 15.0 Å². The standard InChI is InChI=1S/C24H20N2O4/c1-30-24(29)19-8-6-17(7-9-19)22(27)25-20-12-10-18(11-13-20)23(28)26-15-14-16-4-2-3-5-21(16)26/h2-13H,14-15H2,1H3,(H,25,27). The van der Waals surface area contributed by atoms with Gasteiger partial charge in [-0.05, 0) is 66.6 Å². The van der Waals surface area contributed by atoms with E-state index in [1.165, 1.54) is 24.8 Å². The molecule has 0 fully saturated rings. The highest BCUT2D eigenvalue weighted by atomic mass is 16.5. The first kappa shape index (κ1) is 19.4. The van der Waals surface area contributed by atoms with Crippen LogP contribution in [0.1, 0.15) is 36.6 Å². The minimum Gasteiger partial charge on any atom is -0.465 e. The lowest BCUT2D eigenvalue weighted by Gasteiger charge is -2.17. The van der Waals surface area contributed by atoms with Crippen LogP contribution in [0.4, 0.5) is 11.4 Å². The molecular formula is C24H20N2O4. The van der Waals surface area contributed by atoms with Gasteiger partial charge in [0.2, 0.25) is 0 Å². The van der Waals surface area contributed by atoms with Crippen LogP contribution >= 0.6 is 0 Å². The molecule has 0 aliphatic carbocycles. The van der Waals surface area contributed by atoms with Gasteiger partial charge in [-0.3, -0.25) is 9.59 Å². The number of benzene rings is 3. The van der Waals surface area contributed by atoms with Gasteiger partial charge in [0.25, 0.3) is 11.8 Å². The molecule has 1 aliphatic heterocycles. The molecule has 0 saturated heterocycles. The summed E-state index contributed by atoms with van der Waals surface area (Å²) in [6.45, 7) is 0.665. The van der Waals surface area contributed by atoms with E-state index in [4.69, 9.17) is 0 Å². The molecule has 4 rings (SSSR count). The monoisotopic (exact) mass is 400 g/mol. The first-order valence-corrected chi connectivity index (χ1v) is 9.56. The molecule has 2 amide bonds. The maximum atomic E-state index is 12.9. The molecule has 3 aromatic rings. The van der Waals surface area contributed by atoms with E-state index >= 15 is 0 Å². The number of amides is 2. The van der Waals surface area contributed by atoms with Crippen molar-refractivity contribution >= 4 is 29.2 Å². The summed E-state index contributed by atoms with van der Waals surface area (Å²) in [7, 11) is 1.31. The van der Waals surface area contributed by atoms with Crippen molar-refractivity contribution in [2.75, 3.05) is 23.9 Å². The van der Waals surface area contributed by atoms with Crippen molar-refractivity contribution in [1.82, 2.24) is 0 Å². The molecule has 1 N–H and O–H groups in total. The zero-order valence-corrected chi connectivity index (χ0v) is 16.4. The summed E-state index contributed by atoms with van der Waals surface area (Å²) < 4.78 is 4.65. The molecule has 30 heavy (non-hydrogen) atoms. The van der Waals surface area contributed by atoms with E-state index in [0.717, 1.165) is 12.1 Å². The second-order valence-corrected chi connectivity index (χ2v) is 6.94. The first-order chi connectivity index (χ1) is 14.6. The number of nitrogens with zero attached hydrogens (tertiary/aromatic N) is 1. The van der Waals surface area contributed by atoms with Crippen LogP contribution in [0.2, 0.25) is 0 Å². The number of ether oxygens (including phenoxy) is 1. The van der Waals surface area contributed by atoms with Crippen molar-refractivity contribution in [1.29, 1.82) is 0 Å². The van der Waals surface area contributed by atoms with Gasteiger partial charge in [0.15, 0.2) is 0 Å². The highest BCUT2D eigenvalue weighted by Crippen LogP contribution is 2.29. The molecule has 6 heteroatoms. The molecule has 6 nitrogen and oxygen atoms in total. The molecule has 0 saturated carbocycles. The van der Waals surface area contributed by atoms with Crippen LogP contribution in [0.5, 0.6) is 0 Å². The second-order valence-electron chi connectivity index (χ2n) is 6.94. The number of nitrogens with one attached hydrogen (secondary N) is 1. The van der Waals surface area contributed by atoms with Crippen LogP contribution < -0.4 is 10.2 Å². The van der Waals surface area contributed by atoms with Crippen LogP contribution in [0, 0.1) is 0 Å². The van der Waals surface area contributed by atoms with E-state index in [1.54, 1.807) is 41.3 Å². The maximum absolute atomic E-state index is 12.9. The summed E-state index contributed by atoms with van der Waals surface area (Å²) in [5.74, 6) is -0.821. The quantitative estimate of drug-likeness (QED) is 0.674. The molecule has 0 atom stereocenters. The molecule has 150 valence electrons. The zero-order chi connectivity index (χ0) is 21.1. The highest BCUT2D eigenvalue weighted by molar-refractivity contribution is 6.08. The van der Waals surface area contributed by atoms with E-state index < -0.39 is 5.97 Å². The Morgan fingerprint density at radius 3 is 2.17 bits per heavy atom. The van der Waals surface area contributed by atoms with Crippen LogP contribution in [0.25, 0.3) is 0 Å². The molecule has 1 aliphatic rings. The van der Waals surface area contributed by atoms with E-state index in [0.29, 0.717) is 28.9 Å². The average molecular weight is 400 g/mol. The third kappa shape index (κ3) is 3.80. The van der Waals surface area contributed by atoms with E-state index in [1.807, 2.05) is 24.3 Å². The fraction of sp³-hybridized carbons (Fsp3) is 0.125. The number of anilines is 2. The molecule has 0 spiro atoms. The summed E-state index contributed by atoms with van der Waals surface area (Å²) >= 11 is 0. The zero-order valence-electron chi connectivity index (χ0n) is 16.4. The Balaban J connectivity index is 1.43. The molecule has 0 radical (unpaired) electrons. The van der Waals surface area contributed by atoms with Gasteiger partial charge in [0.05, 0.1) is 12.7 Å². The Morgan fingerprint density at radius 2 is 1.47 bits per heavy atom. The third-order valence-electron chi connectivity index (χ3n) is 5.09. The fourth-order valence-electron chi connectivity index (χ4n) is 3.48. The molecule has 0 aromatic heterocycles. The molecule has 3 aromatic carbocycles. The number of hydrogen-bond acceptors (Lipinski definition) is 4. The van der Waals surface area contributed by atoms with Crippen molar-refractivity contribution < 1.29 is 19.1 Å². The minimum absolute atomic E-state index is 0.0591. The van der Waals surface area contributed by atoms with E-state index in [9.17, 15) is 14.4 Å².